The third-order valence-corrected chi connectivity index (χ3v) is 3.58. The number of nitrogens with zero attached hydrogens (tertiary/aromatic N) is 1. The summed E-state index contributed by atoms with van der Waals surface area (Å²) in [7, 11) is 0. The quantitative estimate of drug-likeness (QED) is 0.897. The lowest BCUT2D eigenvalue weighted by Gasteiger charge is -2.34. The monoisotopic (exact) mass is 293 g/mol. The summed E-state index contributed by atoms with van der Waals surface area (Å²) in [5, 5.41) is 3.46. The van der Waals surface area contributed by atoms with Crippen molar-refractivity contribution >= 4 is 6.09 Å². The molecule has 0 spiro atoms. The standard InChI is InChI=1S/C16H27N3O2/c1-16(2,3)21-15(20)19-9-5-6-13(12-19)10-17-11-14-7-4-8-18-14/h4,7-8,13,17-18H,5-6,9-12H2,1-3H3. The lowest BCUT2D eigenvalue weighted by atomic mass is 9.98. The van der Waals surface area contributed by atoms with Gasteiger partial charge in [-0.05, 0) is 51.7 Å². The van der Waals surface area contributed by atoms with Crippen molar-refractivity contribution in [2.75, 3.05) is 19.6 Å². The van der Waals surface area contributed by atoms with Gasteiger partial charge in [-0.1, -0.05) is 0 Å². The number of carbonyl (C=O) groups excluding carboxylic acids is 1. The average Bonchev–Trinajstić information content (AvgIpc) is 2.90. The summed E-state index contributed by atoms with van der Waals surface area (Å²) in [4.78, 5) is 17.1. The number of likely N-dealkylation sites (tertiary alicyclic amines) is 1. The minimum absolute atomic E-state index is 0.184. The molecule has 0 saturated carbocycles. The summed E-state index contributed by atoms with van der Waals surface area (Å²) in [6.07, 6.45) is 3.96. The topological polar surface area (TPSA) is 57.4 Å². The Bertz CT molecular complexity index is 437. The number of amides is 1. The van der Waals surface area contributed by atoms with Gasteiger partial charge in [0, 0.05) is 38.1 Å². The van der Waals surface area contributed by atoms with Crippen molar-refractivity contribution in [2.24, 2.45) is 5.92 Å². The van der Waals surface area contributed by atoms with Crippen molar-refractivity contribution in [3.8, 4) is 0 Å². The normalized spacial score (nSPS) is 19.6. The van der Waals surface area contributed by atoms with E-state index in [-0.39, 0.29) is 6.09 Å². The number of hydrogen-bond acceptors (Lipinski definition) is 3. The number of piperidine rings is 1. The van der Waals surface area contributed by atoms with Gasteiger partial charge in [0.1, 0.15) is 5.60 Å². The minimum Gasteiger partial charge on any atom is -0.444 e. The molecule has 2 heterocycles. The van der Waals surface area contributed by atoms with Crippen molar-refractivity contribution in [1.29, 1.82) is 0 Å². The summed E-state index contributed by atoms with van der Waals surface area (Å²) in [6.45, 7) is 9.08. The molecule has 1 aromatic heterocycles. The summed E-state index contributed by atoms with van der Waals surface area (Å²) < 4.78 is 5.45. The molecule has 5 nitrogen and oxygen atoms in total. The van der Waals surface area contributed by atoms with E-state index in [1.165, 1.54) is 5.69 Å². The highest BCUT2D eigenvalue weighted by atomic mass is 16.6. The molecule has 0 radical (unpaired) electrons. The number of aromatic amines is 1. The van der Waals surface area contributed by atoms with Crippen molar-refractivity contribution in [1.82, 2.24) is 15.2 Å². The van der Waals surface area contributed by atoms with Crippen molar-refractivity contribution in [3.63, 3.8) is 0 Å². The summed E-state index contributed by atoms with van der Waals surface area (Å²) >= 11 is 0. The second-order valence-electron chi connectivity index (χ2n) is 6.76. The molecule has 5 heteroatoms. The number of ether oxygens (including phenoxy) is 1. The average molecular weight is 293 g/mol. The number of nitrogens with one attached hydrogen (secondary N) is 2. The highest BCUT2D eigenvalue weighted by Crippen LogP contribution is 2.18. The maximum Gasteiger partial charge on any atom is 0.410 e. The van der Waals surface area contributed by atoms with E-state index in [0.717, 1.165) is 39.0 Å². The Balaban J connectivity index is 1.74. The SMILES string of the molecule is CC(C)(C)OC(=O)N1CCCC(CNCc2ccc[nH]2)C1. The zero-order valence-corrected chi connectivity index (χ0v) is 13.3. The van der Waals surface area contributed by atoms with E-state index in [9.17, 15) is 4.79 Å². The number of H-pyrrole nitrogens is 1. The van der Waals surface area contributed by atoms with Gasteiger partial charge >= 0.3 is 6.09 Å². The molecular formula is C16H27N3O2. The summed E-state index contributed by atoms with van der Waals surface area (Å²) in [5.74, 6) is 0.501. The smallest absolute Gasteiger partial charge is 0.410 e. The second kappa shape index (κ2) is 6.98. The van der Waals surface area contributed by atoms with Crippen molar-refractivity contribution in [3.05, 3.63) is 24.0 Å². The molecule has 2 rings (SSSR count). The largest absolute Gasteiger partial charge is 0.444 e. The number of aromatic nitrogens is 1. The molecule has 1 fully saturated rings. The maximum absolute atomic E-state index is 12.1. The molecule has 1 saturated heterocycles. The van der Waals surface area contributed by atoms with E-state index in [1.807, 2.05) is 37.9 Å². The van der Waals surface area contributed by atoms with Gasteiger partial charge in [-0.25, -0.2) is 4.79 Å². The van der Waals surface area contributed by atoms with Gasteiger partial charge < -0.3 is 19.9 Å². The van der Waals surface area contributed by atoms with Gasteiger partial charge in [0.2, 0.25) is 0 Å². The second-order valence-corrected chi connectivity index (χ2v) is 6.76. The number of rotatable bonds is 4. The third-order valence-electron chi connectivity index (χ3n) is 3.58. The Morgan fingerprint density at radius 1 is 1.52 bits per heavy atom. The van der Waals surface area contributed by atoms with Gasteiger partial charge in [-0.15, -0.1) is 0 Å². The van der Waals surface area contributed by atoms with Crippen LogP contribution in [0.2, 0.25) is 0 Å². The predicted octanol–water partition coefficient (Wildman–Crippen LogP) is 2.75. The van der Waals surface area contributed by atoms with Crippen molar-refractivity contribution < 1.29 is 9.53 Å². The molecule has 2 N–H and O–H groups in total. The predicted molar refractivity (Wildman–Crippen MR) is 83.0 cm³/mol. The Morgan fingerprint density at radius 2 is 2.33 bits per heavy atom. The number of hydrogen-bond donors (Lipinski definition) is 2. The van der Waals surface area contributed by atoms with Crippen LogP contribution in [0.1, 0.15) is 39.3 Å². The molecule has 1 aliphatic heterocycles. The molecule has 118 valence electrons. The lowest BCUT2D eigenvalue weighted by molar-refractivity contribution is 0.0166. The van der Waals surface area contributed by atoms with Crippen LogP contribution in [-0.2, 0) is 11.3 Å². The molecule has 1 unspecified atom stereocenters. The first kappa shape index (κ1) is 15.9. The molecule has 1 aromatic rings. The van der Waals surface area contributed by atoms with E-state index < -0.39 is 5.60 Å². The first-order valence-electron chi connectivity index (χ1n) is 7.75. The van der Waals surface area contributed by atoms with Gasteiger partial charge in [0.05, 0.1) is 0 Å². The fraction of sp³-hybridized carbons (Fsp3) is 0.688. The molecule has 1 amide bonds. The molecular weight excluding hydrogens is 266 g/mol. The van der Waals surface area contributed by atoms with Crippen LogP contribution in [-0.4, -0.2) is 41.2 Å². The van der Waals surface area contributed by atoms with E-state index in [2.05, 4.69) is 16.4 Å². The Kier molecular flexibility index (Phi) is 5.28. The van der Waals surface area contributed by atoms with Gasteiger partial charge in [0.15, 0.2) is 0 Å². The summed E-state index contributed by atoms with van der Waals surface area (Å²) in [6, 6.07) is 4.07. The van der Waals surface area contributed by atoms with Gasteiger partial charge in [-0.3, -0.25) is 0 Å². The zero-order valence-electron chi connectivity index (χ0n) is 13.3. The molecule has 21 heavy (non-hydrogen) atoms. The summed E-state index contributed by atoms with van der Waals surface area (Å²) in [5.41, 5.74) is 0.769. The fourth-order valence-electron chi connectivity index (χ4n) is 2.61. The Labute approximate surface area is 127 Å². The van der Waals surface area contributed by atoms with Crippen LogP contribution in [0.15, 0.2) is 18.3 Å². The van der Waals surface area contributed by atoms with Crippen molar-refractivity contribution in [2.45, 2.75) is 45.8 Å². The van der Waals surface area contributed by atoms with E-state index in [4.69, 9.17) is 4.74 Å². The fourth-order valence-corrected chi connectivity index (χ4v) is 2.61. The molecule has 0 aromatic carbocycles. The van der Waals surface area contributed by atoms with Crippen LogP contribution >= 0.6 is 0 Å². The first-order chi connectivity index (χ1) is 9.94. The minimum atomic E-state index is -0.421. The molecule has 0 aliphatic carbocycles. The van der Waals surface area contributed by atoms with Crippen LogP contribution < -0.4 is 5.32 Å². The lowest BCUT2D eigenvalue weighted by Crippen LogP contribution is -2.45. The Hall–Kier alpha value is -1.49. The van der Waals surface area contributed by atoms with Crippen LogP contribution in [0.4, 0.5) is 4.79 Å². The third kappa shape index (κ3) is 5.42. The van der Waals surface area contributed by atoms with Crippen LogP contribution in [0.5, 0.6) is 0 Å². The highest BCUT2D eigenvalue weighted by Gasteiger charge is 2.27. The van der Waals surface area contributed by atoms with E-state index in [0.29, 0.717) is 5.92 Å². The van der Waals surface area contributed by atoms with E-state index in [1.54, 1.807) is 0 Å². The molecule has 1 atom stereocenters. The number of carbonyl (C=O) groups is 1. The Morgan fingerprint density at radius 3 is 3.00 bits per heavy atom. The van der Waals surface area contributed by atoms with Crippen LogP contribution in [0, 0.1) is 5.92 Å². The van der Waals surface area contributed by atoms with Gasteiger partial charge in [0.25, 0.3) is 0 Å². The molecule has 1 aliphatic rings. The maximum atomic E-state index is 12.1. The highest BCUT2D eigenvalue weighted by molar-refractivity contribution is 5.68. The van der Waals surface area contributed by atoms with E-state index >= 15 is 0 Å². The van der Waals surface area contributed by atoms with Gasteiger partial charge in [-0.2, -0.15) is 0 Å². The molecule has 0 bridgehead atoms. The zero-order chi connectivity index (χ0) is 15.3. The van der Waals surface area contributed by atoms with Crippen LogP contribution in [0.25, 0.3) is 0 Å². The first-order valence-corrected chi connectivity index (χ1v) is 7.75. The van der Waals surface area contributed by atoms with Crippen LogP contribution in [0.3, 0.4) is 0 Å².